The Hall–Kier alpha value is -1.26. The van der Waals surface area contributed by atoms with Crippen molar-refractivity contribution < 1.29 is 9.53 Å². The van der Waals surface area contributed by atoms with Gasteiger partial charge in [0.15, 0.2) is 0 Å². The van der Waals surface area contributed by atoms with Crippen LogP contribution in [0.25, 0.3) is 0 Å². The maximum absolute atomic E-state index is 12.4. The minimum Gasteiger partial charge on any atom is -0.494 e. The summed E-state index contributed by atoms with van der Waals surface area (Å²) in [7, 11) is 1.86. The molecular formula is C18H31ClN2O2. The van der Waals surface area contributed by atoms with E-state index < -0.39 is 0 Å². The van der Waals surface area contributed by atoms with Crippen LogP contribution in [-0.4, -0.2) is 26.1 Å². The molecule has 0 aliphatic heterocycles. The number of benzene rings is 1. The van der Waals surface area contributed by atoms with Gasteiger partial charge in [-0.2, -0.15) is 0 Å². The monoisotopic (exact) mass is 342 g/mol. The molecule has 1 rings (SSSR count). The van der Waals surface area contributed by atoms with Gasteiger partial charge in [0.25, 0.3) is 0 Å². The minimum atomic E-state index is -0.0566. The van der Waals surface area contributed by atoms with E-state index in [1.165, 1.54) is 0 Å². The van der Waals surface area contributed by atoms with E-state index in [4.69, 9.17) is 4.74 Å². The second-order valence-electron chi connectivity index (χ2n) is 6.12. The lowest BCUT2D eigenvalue weighted by Crippen LogP contribution is -2.37. The Balaban J connectivity index is 0.00000484. The molecule has 0 saturated heterocycles. The van der Waals surface area contributed by atoms with E-state index in [1.54, 1.807) is 0 Å². The van der Waals surface area contributed by atoms with Crippen LogP contribution in [0.2, 0.25) is 0 Å². The second-order valence-corrected chi connectivity index (χ2v) is 6.12. The van der Waals surface area contributed by atoms with Crippen LogP contribution >= 0.6 is 12.4 Å². The van der Waals surface area contributed by atoms with Crippen molar-refractivity contribution in [1.82, 2.24) is 10.6 Å². The number of nitrogens with one attached hydrogen (secondary N) is 2. The molecule has 2 unspecified atom stereocenters. The van der Waals surface area contributed by atoms with Crippen molar-refractivity contribution in [2.24, 2.45) is 11.8 Å². The van der Waals surface area contributed by atoms with Gasteiger partial charge in [-0.25, -0.2) is 0 Å². The Bertz CT molecular complexity index is 466. The zero-order valence-electron chi connectivity index (χ0n) is 14.9. The van der Waals surface area contributed by atoms with Crippen molar-refractivity contribution in [3.8, 4) is 5.75 Å². The van der Waals surface area contributed by atoms with E-state index in [0.717, 1.165) is 17.7 Å². The third-order valence-electron chi connectivity index (χ3n) is 3.58. The zero-order chi connectivity index (χ0) is 16.5. The third kappa shape index (κ3) is 7.23. The van der Waals surface area contributed by atoms with Gasteiger partial charge in [0.05, 0.1) is 12.6 Å². The normalized spacial score (nSPS) is 13.1. The van der Waals surface area contributed by atoms with Gasteiger partial charge in [-0.05, 0) is 32.4 Å². The van der Waals surface area contributed by atoms with Crippen LogP contribution in [0, 0.1) is 11.8 Å². The molecule has 2 atom stereocenters. The summed E-state index contributed by atoms with van der Waals surface area (Å²) >= 11 is 0. The van der Waals surface area contributed by atoms with Crippen molar-refractivity contribution >= 4 is 18.3 Å². The number of hydrogen-bond acceptors (Lipinski definition) is 3. The molecule has 5 heteroatoms. The molecule has 0 bridgehead atoms. The molecule has 0 radical (unpaired) electrons. The van der Waals surface area contributed by atoms with Gasteiger partial charge in [0.2, 0.25) is 5.91 Å². The Morgan fingerprint density at radius 1 is 1.22 bits per heavy atom. The molecular weight excluding hydrogens is 312 g/mol. The molecule has 0 fully saturated rings. The fourth-order valence-electron chi connectivity index (χ4n) is 2.50. The van der Waals surface area contributed by atoms with Crippen molar-refractivity contribution in [2.45, 2.75) is 40.2 Å². The van der Waals surface area contributed by atoms with Gasteiger partial charge in [0.1, 0.15) is 5.75 Å². The molecule has 4 nitrogen and oxygen atoms in total. The molecule has 23 heavy (non-hydrogen) atoms. The molecule has 0 aromatic heterocycles. The van der Waals surface area contributed by atoms with Gasteiger partial charge in [-0.15, -0.1) is 12.4 Å². The van der Waals surface area contributed by atoms with E-state index in [9.17, 15) is 4.79 Å². The van der Waals surface area contributed by atoms with Crippen LogP contribution in [0.4, 0.5) is 0 Å². The smallest absolute Gasteiger partial charge is 0.224 e. The predicted molar refractivity (Wildman–Crippen MR) is 98.3 cm³/mol. The van der Waals surface area contributed by atoms with Crippen molar-refractivity contribution in [3.05, 3.63) is 29.8 Å². The van der Waals surface area contributed by atoms with E-state index in [2.05, 4.69) is 24.5 Å². The SMILES string of the molecule is CCOc1ccccc1C(CC(C)C)NC(=O)C(C)CNC.Cl. The van der Waals surface area contributed by atoms with Crippen LogP contribution in [0.1, 0.15) is 45.7 Å². The lowest BCUT2D eigenvalue weighted by molar-refractivity contribution is -0.125. The average molecular weight is 343 g/mol. The zero-order valence-corrected chi connectivity index (χ0v) is 15.7. The third-order valence-corrected chi connectivity index (χ3v) is 3.58. The number of carbonyl (C=O) groups is 1. The highest BCUT2D eigenvalue weighted by atomic mass is 35.5. The van der Waals surface area contributed by atoms with E-state index in [0.29, 0.717) is 19.1 Å². The molecule has 1 aromatic rings. The average Bonchev–Trinajstić information content (AvgIpc) is 2.47. The molecule has 2 N–H and O–H groups in total. The highest BCUT2D eigenvalue weighted by molar-refractivity contribution is 5.85. The molecule has 1 aromatic carbocycles. The Labute approximate surface area is 146 Å². The molecule has 0 aliphatic rings. The summed E-state index contributed by atoms with van der Waals surface area (Å²) in [6.45, 7) is 9.54. The Morgan fingerprint density at radius 3 is 2.43 bits per heavy atom. The summed E-state index contributed by atoms with van der Waals surface area (Å²) in [4.78, 5) is 12.4. The molecule has 0 spiro atoms. The number of rotatable bonds is 9. The van der Waals surface area contributed by atoms with Crippen LogP contribution in [0.3, 0.4) is 0 Å². The molecule has 0 aliphatic carbocycles. The fourth-order valence-corrected chi connectivity index (χ4v) is 2.50. The first-order chi connectivity index (χ1) is 10.5. The van der Waals surface area contributed by atoms with Gasteiger partial charge in [-0.1, -0.05) is 39.0 Å². The van der Waals surface area contributed by atoms with E-state index in [1.807, 2.05) is 45.2 Å². The maximum atomic E-state index is 12.4. The van der Waals surface area contributed by atoms with Gasteiger partial charge in [0, 0.05) is 18.0 Å². The lowest BCUT2D eigenvalue weighted by Gasteiger charge is -2.25. The quantitative estimate of drug-likeness (QED) is 0.721. The number of hydrogen-bond donors (Lipinski definition) is 2. The number of halogens is 1. The van der Waals surface area contributed by atoms with Crippen molar-refractivity contribution in [3.63, 3.8) is 0 Å². The number of amides is 1. The first kappa shape index (κ1) is 21.7. The lowest BCUT2D eigenvalue weighted by atomic mass is 9.95. The topological polar surface area (TPSA) is 50.4 Å². The van der Waals surface area contributed by atoms with Crippen LogP contribution in [0.5, 0.6) is 5.75 Å². The summed E-state index contributed by atoms with van der Waals surface area (Å²) in [5.74, 6) is 1.36. The van der Waals surface area contributed by atoms with Crippen LogP contribution < -0.4 is 15.4 Å². The highest BCUT2D eigenvalue weighted by Gasteiger charge is 2.22. The summed E-state index contributed by atoms with van der Waals surface area (Å²) in [6, 6.07) is 7.95. The van der Waals surface area contributed by atoms with Crippen molar-refractivity contribution in [1.29, 1.82) is 0 Å². The first-order valence-electron chi connectivity index (χ1n) is 8.16. The van der Waals surface area contributed by atoms with Gasteiger partial charge < -0.3 is 15.4 Å². The van der Waals surface area contributed by atoms with Crippen molar-refractivity contribution in [2.75, 3.05) is 20.2 Å². The van der Waals surface area contributed by atoms with Crippen LogP contribution in [-0.2, 0) is 4.79 Å². The summed E-state index contributed by atoms with van der Waals surface area (Å²) in [6.07, 6.45) is 0.891. The first-order valence-corrected chi connectivity index (χ1v) is 8.16. The van der Waals surface area contributed by atoms with Gasteiger partial charge >= 0.3 is 0 Å². The number of carbonyl (C=O) groups excluding carboxylic acids is 1. The number of ether oxygens (including phenoxy) is 1. The largest absolute Gasteiger partial charge is 0.494 e. The summed E-state index contributed by atoms with van der Waals surface area (Å²) in [5, 5.41) is 6.24. The maximum Gasteiger partial charge on any atom is 0.224 e. The standard InChI is InChI=1S/C18H30N2O2.ClH/c1-6-22-17-10-8-7-9-15(17)16(11-13(2)3)20-18(21)14(4)12-19-5;/h7-10,13-14,16,19H,6,11-12H2,1-5H3,(H,20,21);1H. The van der Waals surface area contributed by atoms with Crippen LogP contribution in [0.15, 0.2) is 24.3 Å². The molecule has 132 valence electrons. The second kappa shape index (κ2) is 11.3. The fraction of sp³-hybridized carbons (Fsp3) is 0.611. The minimum absolute atomic E-state index is 0. The summed E-state index contributed by atoms with van der Waals surface area (Å²) < 4.78 is 5.73. The molecule has 0 saturated carbocycles. The predicted octanol–water partition coefficient (Wildman–Crippen LogP) is 3.57. The Morgan fingerprint density at radius 2 is 1.87 bits per heavy atom. The van der Waals surface area contributed by atoms with E-state index in [-0.39, 0.29) is 30.3 Å². The Kier molecular flexibility index (Phi) is 10.7. The van der Waals surface area contributed by atoms with E-state index >= 15 is 0 Å². The molecule has 1 amide bonds. The molecule has 0 heterocycles. The highest BCUT2D eigenvalue weighted by Crippen LogP contribution is 2.29. The summed E-state index contributed by atoms with van der Waals surface area (Å²) in [5.41, 5.74) is 1.06. The van der Waals surface area contributed by atoms with Gasteiger partial charge in [-0.3, -0.25) is 4.79 Å². The number of para-hydroxylation sites is 1.